The van der Waals surface area contributed by atoms with Crippen molar-refractivity contribution < 1.29 is 22.4 Å². The van der Waals surface area contributed by atoms with Crippen LogP contribution in [0, 0.1) is 12.7 Å². The van der Waals surface area contributed by atoms with Gasteiger partial charge in [-0.15, -0.1) is 0 Å². The maximum Gasteiger partial charge on any atom is 0.244 e. The quantitative estimate of drug-likeness (QED) is 0.569. The summed E-state index contributed by atoms with van der Waals surface area (Å²) in [6, 6.07) is 11.5. The number of carbonyl (C=O) groups excluding carboxylic acids is 2. The number of nitrogens with zero attached hydrogens (tertiary/aromatic N) is 2. The second-order valence-corrected chi connectivity index (χ2v) is 10.2. The van der Waals surface area contributed by atoms with E-state index in [4.69, 9.17) is 0 Å². The average molecular weight is 478 g/mol. The van der Waals surface area contributed by atoms with Crippen molar-refractivity contribution in [3.05, 3.63) is 65.5 Å². The molecule has 180 valence electrons. The Hall–Kier alpha value is -2.94. The fourth-order valence-corrected chi connectivity index (χ4v) is 4.26. The fraction of sp³-hybridized carbons (Fsp3) is 0.417. The summed E-state index contributed by atoms with van der Waals surface area (Å²) in [5.41, 5.74) is 2.04. The van der Waals surface area contributed by atoms with Crippen LogP contribution in [0.5, 0.6) is 0 Å². The summed E-state index contributed by atoms with van der Waals surface area (Å²) in [6.45, 7) is 7.04. The van der Waals surface area contributed by atoms with Gasteiger partial charge in [0.1, 0.15) is 18.4 Å². The smallest absolute Gasteiger partial charge is 0.244 e. The lowest BCUT2D eigenvalue weighted by molar-refractivity contribution is -0.140. The molecular formula is C24H32FN3O4S. The Bertz CT molecular complexity index is 1050. The number of anilines is 1. The number of sulfonamides is 1. The van der Waals surface area contributed by atoms with Crippen LogP contribution in [0.15, 0.2) is 48.5 Å². The van der Waals surface area contributed by atoms with Gasteiger partial charge in [-0.2, -0.15) is 0 Å². The molecule has 0 saturated heterocycles. The Labute approximate surface area is 195 Å². The topological polar surface area (TPSA) is 86.8 Å². The van der Waals surface area contributed by atoms with Gasteiger partial charge in [0.2, 0.25) is 21.8 Å². The summed E-state index contributed by atoms with van der Waals surface area (Å²) in [6.07, 6.45) is 1.34. The summed E-state index contributed by atoms with van der Waals surface area (Å²) in [5.74, 6) is -1.35. The predicted molar refractivity (Wildman–Crippen MR) is 128 cm³/mol. The number of nitrogens with one attached hydrogen (secondary N) is 1. The highest BCUT2D eigenvalue weighted by Crippen LogP contribution is 2.20. The summed E-state index contributed by atoms with van der Waals surface area (Å²) in [7, 11) is -3.85. The standard InChI is InChI=1S/C24H32FN3O4S/c1-6-22(24(30)26-17(2)3)27(15-19-9-7-18(4)8-10-19)23(29)16-28(33(5,31)32)21-13-11-20(25)12-14-21/h7-14,17,22H,6,15-16H2,1-5H3,(H,26,30)/t22-/m0/s1. The molecule has 1 atom stereocenters. The van der Waals surface area contributed by atoms with Crippen molar-refractivity contribution in [3.63, 3.8) is 0 Å². The summed E-state index contributed by atoms with van der Waals surface area (Å²) in [5, 5.41) is 2.84. The molecule has 0 heterocycles. The molecule has 2 aromatic rings. The van der Waals surface area contributed by atoms with Gasteiger partial charge in [0.15, 0.2) is 0 Å². The van der Waals surface area contributed by atoms with Gasteiger partial charge in [-0.25, -0.2) is 12.8 Å². The fourth-order valence-electron chi connectivity index (χ4n) is 3.41. The molecule has 2 aromatic carbocycles. The van der Waals surface area contributed by atoms with Gasteiger partial charge >= 0.3 is 0 Å². The lowest BCUT2D eigenvalue weighted by Gasteiger charge is -2.33. The lowest BCUT2D eigenvalue weighted by atomic mass is 10.1. The third-order valence-electron chi connectivity index (χ3n) is 5.08. The zero-order valence-electron chi connectivity index (χ0n) is 19.7. The van der Waals surface area contributed by atoms with Crippen molar-refractivity contribution in [2.75, 3.05) is 17.1 Å². The van der Waals surface area contributed by atoms with Crippen LogP contribution in [-0.2, 0) is 26.2 Å². The van der Waals surface area contributed by atoms with E-state index in [9.17, 15) is 22.4 Å². The number of amides is 2. The Morgan fingerprint density at radius 2 is 1.61 bits per heavy atom. The molecule has 0 bridgehead atoms. The van der Waals surface area contributed by atoms with Crippen molar-refractivity contribution in [2.45, 2.75) is 52.7 Å². The monoisotopic (exact) mass is 477 g/mol. The molecule has 0 aromatic heterocycles. The molecule has 7 nitrogen and oxygen atoms in total. The van der Waals surface area contributed by atoms with Gasteiger partial charge < -0.3 is 10.2 Å². The highest BCUT2D eigenvalue weighted by Gasteiger charge is 2.31. The van der Waals surface area contributed by atoms with E-state index in [1.807, 2.05) is 45.0 Å². The molecule has 0 aliphatic heterocycles. The van der Waals surface area contributed by atoms with E-state index >= 15 is 0 Å². The molecule has 0 unspecified atom stereocenters. The van der Waals surface area contributed by atoms with E-state index in [0.29, 0.717) is 6.42 Å². The molecule has 0 saturated carbocycles. The molecule has 0 aliphatic rings. The van der Waals surface area contributed by atoms with E-state index in [1.165, 1.54) is 17.0 Å². The molecule has 2 rings (SSSR count). The molecule has 33 heavy (non-hydrogen) atoms. The molecule has 0 radical (unpaired) electrons. The van der Waals surface area contributed by atoms with E-state index < -0.39 is 34.3 Å². The van der Waals surface area contributed by atoms with Gasteiger partial charge in [0.05, 0.1) is 11.9 Å². The van der Waals surface area contributed by atoms with Gasteiger partial charge in [0, 0.05) is 12.6 Å². The van der Waals surface area contributed by atoms with Crippen LogP contribution < -0.4 is 9.62 Å². The Morgan fingerprint density at radius 1 is 1.03 bits per heavy atom. The second-order valence-electron chi connectivity index (χ2n) is 8.34. The number of halogens is 1. The molecule has 0 fully saturated rings. The summed E-state index contributed by atoms with van der Waals surface area (Å²) in [4.78, 5) is 27.8. The van der Waals surface area contributed by atoms with Crippen LogP contribution in [0.25, 0.3) is 0 Å². The van der Waals surface area contributed by atoms with Crippen molar-refractivity contribution in [2.24, 2.45) is 0 Å². The first kappa shape index (κ1) is 26.3. The Morgan fingerprint density at radius 3 is 2.09 bits per heavy atom. The number of rotatable bonds is 10. The average Bonchev–Trinajstić information content (AvgIpc) is 2.72. The van der Waals surface area contributed by atoms with Crippen LogP contribution in [0.3, 0.4) is 0 Å². The van der Waals surface area contributed by atoms with Crippen LogP contribution in [-0.4, -0.2) is 50.0 Å². The van der Waals surface area contributed by atoms with E-state index in [-0.39, 0.29) is 24.2 Å². The van der Waals surface area contributed by atoms with Gasteiger partial charge in [-0.3, -0.25) is 13.9 Å². The maximum absolute atomic E-state index is 13.5. The van der Waals surface area contributed by atoms with Crippen LogP contribution in [0.4, 0.5) is 10.1 Å². The highest BCUT2D eigenvalue weighted by molar-refractivity contribution is 7.92. The zero-order chi connectivity index (χ0) is 24.8. The van der Waals surface area contributed by atoms with Crippen LogP contribution in [0.1, 0.15) is 38.3 Å². The molecule has 0 aliphatic carbocycles. The normalized spacial score (nSPS) is 12.3. The number of hydrogen-bond acceptors (Lipinski definition) is 4. The number of hydrogen-bond donors (Lipinski definition) is 1. The van der Waals surface area contributed by atoms with E-state index in [2.05, 4.69) is 5.32 Å². The largest absolute Gasteiger partial charge is 0.352 e. The van der Waals surface area contributed by atoms with Crippen molar-refractivity contribution in [3.8, 4) is 0 Å². The SMILES string of the molecule is CC[C@@H](C(=O)NC(C)C)N(Cc1ccc(C)cc1)C(=O)CN(c1ccc(F)cc1)S(C)(=O)=O. The first-order valence-electron chi connectivity index (χ1n) is 10.8. The molecule has 1 N–H and O–H groups in total. The van der Waals surface area contributed by atoms with Gasteiger partial charge in [0.25, 0.3) is 0 Å². The lowest BCUT2D eigenvalue weighted by Crippen LogP contribution is -2.53. The third-order valence-corrected chi connectivity index (χ3v) is 6.22. The van der Waals surface area contributed by atoms with Crippen LogP contribution >= 0.6 is 0 Å². The Kier molecular flexibility index (Phi) is 8.99. The van der Waals surface area contributed by atoms with Crippen molar-refractivity contribution >= 4 is 27.5 Å². The molecule has 2 amide bonds. The van der Waals surface area contributed by atoms with Crippen LogP contribution in [0.2, 0.25) is 0 Å². The predicted octanol–water partition coefficient (Wildman–Crippen LogP) is 3.23. The highest BCUT2D eigenvalue weighted by atomic mass is 32.2. The van der Waals surface area contributed by atoms with E-state index in [1.54, 1.807) is 6.92 Å². The van der Waals surface area contributed by atoms with Gasteiger partial charge in [-0.1, -0.05) is 36.8 Å². The van der Waals surface area contributed by atoms with Gasteiger partial charge in [-0.05, 0) is 57.0 Å². The number of aryl methyl sites for hydroxylation is 1. The zero-order valence-corrected chi connectivity index (χ0v) is 20.5. The minimum absolute atomic E-state index is 0.116. The minimum atomic E-state index is -3.85. The Balaban J connectivity index is 2.42. The maximum atomic E-state index is 13.5. The molecule has 9 heteroatoms. The number of benzene rings is 2. The first-order valence-corrected chi connectivity index (χ1v) is 12.7. The summed E-state index contributed by atoms with van der Waals surface area (Å²) < 4.78 is 39.2. The third kappa shape index (κ3) is 7.56. The molecule has 0 spiro atoms. The second kappa shape index (κ2) is 11.3. The minimum Gasteiger partial charge on any atom is -0.352 e. The first-order chi connectivity index (χ1) is 15.4. The molecular weight excluding hydrogens is 445 g/mol. The van der Waals surface area contributed by atoms with Crippen molar-refractivity contribution in [1.29, 1.82) is 0 Å². The number of carbonyl (C=O) groups is 2. The van der Waals surface area contributed by atoms with Crippen molar-refractivity contribution in [1.82, 2.24) is 10.2 Å². The summed E-state index contributed by atoms with van der Waals surface area (Å²) >= 11 is 0. The van der Waals surface area contributed by atoms with E-state index in [0.717, 1.165) is 33.8 Å².